The van der Waals surface area contributed by atoms with Crippen LogP contribution in [0.5, 0.6) is 0 Å². The van der Waals surface area contributed by atoms with Crippen molar-refractivity contribution in [1.82, 2.24) is 20.5 Å². The van der Waals surface area contributed by atoms with Gasteiger partial charge < -0.3 is 5.32 Å². The highest BCUT2D eigenvalue weighted by Crippen LogP contribution is 2.16. The Kier molecular flexibility index (Phi) is 3.91. The van der Waals surface area contributed by atoms with Gasteiger partial charge in [-0.1, -0.05) is 30.3 Å². The van der Waals surface area contributed by atoms with Gasteiger partial charge in [-0.2, -0.15) is 5.10 Å². The van der Waals surface area contributed by atoms with Gasteiger partial charge in [0.1, 0.15) is 11.5 Å². The number of hydrogen-bond acceptors (Lipinski definition) is 3. The Morgan fingerprint density at radius 1 is 1.18 bits per heavy atom. The highest BCUT2D eigenvalue weighted by molar-refractivity contribution is 5.93. The van der Waals surface area contributed by atoms with Crippen LogP contribution in [0.15, 0.2) is 54.9 Å². The molecular weight excluding hydrogens is 283 g/mol. The normalized spacial score (nSPS) is 10.4. The molecule has 6 heteroatoms. The van der Waals surface area contributed by atoms with E-state index in [-0.39, 0.29) is 12.5 Å². The van der Waals surface area contributed by atoms with Crippen molar-refractivity contribution >= 4 is 5.91 Å². The third-order valence-corrected chi connectivity index (χ3v) is 3.11. The number of aromatic nitrogens is 3. The fourth-order valence-electron chi connectivity index (χ4n) is 2.02. The number of benzene rings is 1. The van der Waals surface area contributed by atoms with Gasteiger partial charge >= 0.3 is 0 Å². The first-order chi connectivity index (χ1) is 10.7. The largest absolute Gasteiger partial charge is 0.347 e. The Hall–Kier alpha value is -3.02. The fourth-order valence-corrected chi connectivity index (χ4v) is 2.02. The lowest BCUT2D eigenvalue weighted by Crippen LogP contribution is -2.23. The summed E-state index contributed by atoms with van der Waals surface area (Å²) in [5.74, 6) is -0.737. The minimum Gasteiger partial charge on any atom is -0.347 e. The molecule has 22 heavy (non-hydrogen) atoms. The van der Waals surface area contributed by atoms with Gasteiger partial charge in [-0.05, 0) is 17.7 Å². The number of pyridine rings is 1. The third kappa shape index (κ3) is 3.17. The Balaban J connectivity index is 1.67. The first-order valence-electron chi connectivity index (χ1n) is 6.71. The SMILES string of the molecule is O=C(NCc1cncc(F)c1)c1cc(-c2ccccc2)n[nH]1. The van der Waals surface area contributed by atoms with Gasteiger partial charge in [0.2, 0.25) is 0 Å². The molecule has 0 aliphatic heterocycles. The smallest absolute Gasteiger partial charge is 0.269 e. The Labute approximate surface area is 126 Å². The number of aromatic amines is 1. The minimum atomic E-state index is -0.431. The summed E-state index contributed by atoms with van der Waals surface area (Å²) in [4.78, 5) is 15.8. The standard InChI is InChI=1S/C16H13FN4O/c17-13-6-11(8-18-10-13)9-19-16(22)15-7-14(20-21-15)12-4-2-1-3-5-12/h1-8,10H,9H2,(H,19,22)(H,20,21). The van der Waals surface area contributed by atoms with Crippen molar-refractivity contribution in [3.8, 4) is 11.3 Å². The number of carbonyl (C=O) groups excluding carboxylic acids is 1. The van der Waals surface area contributed by atoms with E-state index in [1.54, 1.807) is 6.07 Å². The van der Waals surface area contributed by atoms with Crippen LogP contribution in [-0.2, 0) is 6.54 Å². The first kappa shape index (κ1) is 13.9. The molecule has 0 saturated carbocycles. The van der Waals surface area contributed by atoms with E-state index in [1.165, 1.54) is 12.3 Å². The lowest BCUT2D eigenvalue weighted by molar-refractivity contribution is 0.0946. The van der Waals surface area contributed by atoms with Crippen LogP contribution in [0.1, 0.15) is 16.1 Å². The number of halogens is 1. The maximum absolute atomic E-state index is 13.0. The molecule has 5 nitrogen and oxygen atoms in total. The number of H-pyrrole nitrogens is 1. The number of nitrogens with one attached hydrogen (secondary N) is 2. The Morgan fingerprint density at radius 2 is 2.00 bits per heavy atom. The molecule has 0 aliphatic carbocycles. The molecule has 0 saturated heterocycles. The molecule has 0 atom stereocenters. The van der Waals surface area contributed by atoms with Gasteiger partial charge in [-0.15, -0.1) is 0 Å². The maximum Gasteiger partial charge on any atom is 0.269 e. The highest BCUT2D eigenvalue weighted by atomic mass is 19.1. The van der Waals surface area contributed by atoms with Crippen LogP contribution < -0.4 is 5.32 Å². The molecule has 0 fully saturated rings. The van der Waals surface area contributed by atoms with E-state index in [9.17, 15) is 9.18 Å². The maximum atomic E-state index is 13.0. The van der Waals surface area contributed by atoms with E-state index in [1.807, 2.05) is 30.3 Å². The molecule has 3 aromatic rings. The van der Waals surface area contributed by atoms with Crippen LogP contribution in [0.4, 0.5) is 4.39 Å². The molecular formula is C16H13FN4O. The van der Waals surface area contributed by atoms with Crippen molar-refractivity contribution in [2.45, 2.75) is 6.54 Å². The van der Waals surface area contributed by atoms with Gasteiger partial charge in [0.25, 0.3) is 5.91 Å². The second kappa shape index (κ2) is 6.17. The van der Waals surface area contributed by atoms with Crippen LogP contribution in [0.3, 0.4) is 0 Å². The van der Waals surface area contributed by atoms with E-state index in [4.69, 9.17) is 0 Å². The molecule has 2 N–H and O–H groups in total. The van der Waals surface area contributed by atoms with Crippen LogP contribution in [0, 0.1) is 5.82 Å². The van der Waals surface area contributed by atoms with Gasteiger partial charge in [-0.3, -0.25) is 14.9 Å². The monoisotopic (exact) mass is 296 g/mol. The van der Waals surface area contributed by atoms with E-state index in [0.29, 0.717) is 17.0 Å². The predicted octanol–water partition coefficient (Wildman–Crippen LogP) is 2.54. The predicted molar refractivity (Wildman–Crippen MR) is 79.4 cm³/mol. The summed E-state index contributed by atoms with van der Waals surface area (Å²) < 4.78 is 13.0. The lowest BCUT2D eigenvalue weighted by atomic mass is 10.1. The molecule has 0 spiro atoms. The van der Waals surface area contributed by atoms with E-state index < -0.39 is 5.82 Å². The number of carbonyl (C=O) groups is 1. The van der Waals surface area contributed by atoms with Gasteiger partial charge in [-0.25, -0.2) is 4.39 Å². The Bertz CT molecular complexity index is 786. The second-order valence-electron chi connectivity index (χ2n) is 4.73. The number of rotatable bonds is 4. The first-order valence-corrected chi connectivity index (χ1v) is 6.71. The van der Waals surface area contributed by atoms with E-state index in [2.05, 4.69) is 20.5 Å². The molecule has 110 valence electrons. The summed E-state index contributed by atoms with van der Waals surface area (Å²) in [6.07, 6.45) is 2.62. The molecule has 0 bridgehead atoms. The van der Waals surface area contributed by atoms with Crippen LogP contribution in [0.25, 0.3) is 11.3 Å². The summed E-state index contributed by atoms with van der Waals surface area (Å²) >= 11 is 0. The zero-order valence-electron chi connectivity index (χ0n) is 11.6. The quantitative estimate of drug-likeness (QED) is 0.777. The zero-order valence-corrected chi connectivity index (χ0v) is 11.6. The van der Waals surface area contributed by atoms with Gasteiger partial charge in [0.15, 0.2) is 0 Å². The molecule has 3 rings (SSSR count). The minimum absolute atomic E-state index is 0.198. The summed E-state index contributed by atoms with van der Waals surface area (Å²) in [5, 5.41) is 9.51. The molecule has 0 radical (unpaired) electrons. The molecule has 1 amide bonds. The van der Waals surface area contributed by atoms with Crippen LogP contribution >= 0.6 is 0 Å². The average Bonchev–Trinajstić information content (AvgIpc) is 3.04. The van der Waals surface area contributed by atoms with Crippen molar-refractivity contribution in [2.24, 2.45) is 0 Å². The van der Waals surface area contributed by atoms with Crippen molar-refractivity contribution in [1.29, 1.82) is 0 Å². The summed E-state index contributed by atoms with van der Waals surface area (Å²) in [7, 11) is 0. The highest BCUT2D eigenvalue weighted by Gasteiger charge is 2.10. The van der Waals surface area contributed by atoms with Gasteiger partial charge in [0.05, 0.1) is 11.9 Å². The summed E-state index contributed by atoms with van der Waals surface area (Å²) in [6, 6.07) is 12.6. The molecule has 2 aromatic heterocycles. The van der Waals surface area contributed by atoms with Crippen LogP contribution in [-0.4, -0.2) is 21.1 Å². The van der Waals surface area contributed by atoms with Crippen molar-refractivity contribution < 1.29 is 9.18 Å². The topological polar surface area (TPSA) is 70.7 Å². The molecule has 0 unspecified atom stereocenters. The number of amides is 1. The molecule has 1 aromatic carbocycles. The van der Waals surface area contributed by atoms with Crippen LogP contribution in [0.2, 0.25) is 0 Å². The molecule has 2 heterocycles. The number of hydrogen-bond donors (Lipinski definition) is 2. The van der Waals surface area contributed by atoms with E-state index >= 15 is 0 Å². The Morgan fingerprint density at radius 3 is 2.77 bits per heavy atom. The number of nitrogens with zero attached hydrogens (tertiary/aromatic N) is 2. The van der Waals surface area contributed by atoms with Gasteiger partial charge in [0, 0.05) is 18.3 Å². The lowest BCUT2D eigenvalue weighted by Gasteiger charge is -2.03. The van der Waals surface area contributed by atoms with Crippen molar-refractivity contribution in [2.75, 3.05) is 0 Å². The third-order valence-electron chi connectivity index (χ3n) is 3.11. The summed E-state index contributed by atoms with van der Waals surface area (Å²) in [5.41, 5.74) is 2.56. The van der Waals surface area contributed by atoms with E-state index in [0.717, 1.165) is 11.8 Å². The second-order valence-corrected chi connectivity index (χ2v) is 4.73. The fraction of sp³-hybridized carbons (Fsp3) is 0.0625. The zero-order chi connectivity index (χ0) is 15.4. The van der Waals surface area contributed by atoms with Crippen molar-refractivity contribution in [3.05, 3.63) is 71.9 Å². The molecule has 0 aliphatic rings. The summed E-state index contributed by atoms with van der Waals surface area (Å²) in [6.45, 7) is 0.198. The van der Waals surface area contributed by atoms with Crippen molar-refractivity contribution in [3.63, 3.8) is 0 Å². The average molecular weight is 296 g/mol.